The summed E-state index contributed by atoms with van der Waals surface area (Å²) in [6.45, 7) is -0.109. The van der Waals surface area contributed by atoms with Crippen molar-refractivity contribution >= 4 is 50.7 Å². The molecular weight excluding hydrogens is 410 g/mol. The summed E-state index contributed by atoms with van der Waals surface area (Å²) in [6, 6.07) is 13.0. The van der Waals surface area contributed by atoms with Crippen LogP contribution in [-0.4, -0.2) is 29.2 Å². The van der Waals surface area contributed by atoms with Gasteiger partial charge in [0.25, 0.3) is 0 Å². The third-order valence-electron chi connectivity index (χ3n) is 3.48. The number of Topliss-reactive ketones (excluding diaryl/α,β-unsaturated/α-hetero) is 1. The molecule has 1 N–H and O–H groups in total. The molecule has 0 radical (unpaired) electrons. The van der Waals surface area contributed by atoms with Crippen LogP contribution >= 0.6 is 27.5 Å². The molecule has 1 aliphatic heterocycles. The lowest BCUT2D eigenvalue weighted by atomic mass is 10.0. The van der Waals surface area contributed by atoms with Gasteiger partial charge in [-0.25, -0.2) is 9.79 Å². The van der Waals surface area contributed by atoms with E-state index in [4.69, 9.17) is 16.3 Å². The van der Waals surface area contributed by atoms with Crippen LogP contribution in [-0.2, 0) is 9.53 Å². The number of allylic oxidation sites excluding steroid dienone is 1. The molecule has 0 atom stereocenters. The minimum Gasteiger partial charge on any atom is -0.503 e. The first-order chi connectivity index (χ1) is 12.0. The number of aliphatic imine (C=N–C) groups is 1. The molecule has 1 aliphatic rings. The number of ketones is 1. The number of hydrogen-bond acceptors (Lipinski definition) is 5. The van der Waals surface area contributed by atoms with Gasteiger partial charge in [-0.1, -0.05) is 27.5 Å². The fourth-order valence-electron chi connectivity index (χ4n) is 2.24. The highest BCUT2D eigenvalue weighted by atomic mass is 79.9. The molecule has 25 heavy (non-hydrogen) atoms. The lowest BCUT2D eigenvalue weighted by molar-refractivity contribution is -0.135. The molecule has 1 saturated heterocycles. The van der Waals surface area contributed by atoms with Crippen LogP contribution < -0.4 is 0 Å². The van der Waals surface area contributed by atoms with Gasteiger partial charge in [0.05, 0.1) is 11.4 Å². The third-order valence-corrected chi connectivity index (χ3v) is 4.26. The van der Waals surface area contributed by atoms with Crippen molar-refractivity contribution in [3.8, 4) is 0 Å². The van der Waals surface area contributed by atoms with Gasteiger partial charge < -0.3 is 9.84 Å². The second-order valence-corrected chi connectivity index (χ2v) is 6.52. The Kier molecular flexibility index (Phi) is 5.01. The van der Waals surface area contributed by atoms with Crippen molar-refractivity contribution in [3.05, 3.63) is 74.9 Å². The molecule has 2 aromatic rings. The SMILES string of the molecule is O=C1OCC(=Nc2ccc(Br)cc2)/C1=C(\O)C(=O)c1ccc(Cl)cc1. The number of esters is 1. The van der Waals surface area contributed by atoms with Crippen LogP contribution in [0, 0.1) is 0 Å². The van der Waals surface area contributed by atoms with Gasteiger partial charge in [0.1, 0.15) is 12.2 Å². The molecule has 0 unspecified atom stereocenters. The molecule has 7 heteroatoms. The maximum atomic E-state index is 12.4. The second-order valence-electron chi connectivity index (χ2n) is 5.17. The van der Waals surface area contributed by atoms with Gasteiger partial charge in [0.15, 0.2) is 5.76 Å². The van der Waals surface area contributed by atoms with E-state index in [0.717, 1.165) is 4.47 Å². The maximum Gasteiger partial charge on any atom is 0.344 e. The number of ether oxygens (including phenoxy) is 1. The molecule has 0 spiro atoms. The fourth-order valence-corrected chi connectivity index (χ4v) is 2.63. The highest BCUT2D eigenvalue weighted by molar-refractivity contribution is 9.10. The van der Waals surface area contributed by atoms with Crippen LogP contribution in [0.2, 0.25) is 5.02 Å². The number of hydrogen-bond donors (Lipinski definition) is 1. The highest BCUT2D eigenvalue weighted by Crippen LogP contribution is 2.23. The first-order valence-electron chi connectivity index (χ1n) is 7.20. The molecule has 0 saturated carbocycles. The number of carbonyl (C=O) groups excluding carboxylic acids is 2. The highest BCUT2D eigenvalue weighted by Gasteiger charge is 2.33. The summed E-state index contributed by atoms with van der Waals surface area (Å²) < 4.78 is 5.81. The van der Waals surface area contributed by atoms with Crippen molar-refractivity contribution in [2.75, 3.05) is 6.61 Å². The van der Waals surface area contributed by atoms with Crippen LogP contribution in [0.15, 0.2) is 69.3 Å². The number of rotatable bonds is 3. The molecule has 0 amide bonds. The Bertz CT molecular complexity index is 902. The zero-order chi connectivity index (χ0) is 18.0. The fraction of sp³-hybridized carbons (Fsp3) is 0.0556. The zero-order valence-electron chi connectivity index (χ0n) is 12.7. The van der Waals surface area contributed by atoms with Gasteiger partial charge in [0.2, 0.25) is 5.78 Å². The Balaban J connectivity index is 2.00. The summed E-state index contributed by atoms with van der Waals surface area (Å²) in [5.74, 6) is -2.18. The summed E-state index contributed by atoms with van der Waals surface area (Å²) >= 11 is 9.11. The predicted octanol–water partition coefficient (Wildman–Crippen LogP) is 4.43. The first kappa shape index (κ1) is 17.4. The summed E-state index contributed by atoms with van der Waals surface area (Å²) in [7, 11) is 0. The normalized spacial score (nSPS) is 17.5. The molecule has 1 heterocycles. The number of cyclic esters (lactones) is 1. The number of carbonyl (C=O) groups is 2. The van der Waals surface area contributed by atoms with Gasteiger partial charge in [-0.15, -0.1) is 0 Å². The molecule has 1 fully saturated rings. The van der Waals surface area contributed by atoms with E-state index >= 15 is 0 Å². The predicted molar refractivity (Wildman–Crippen MR) is 97.6 cm³/mol. The third kappa shape index (κ3) is 3.81. The van der Waals surface area contributed by atoms with Gasteiger partial charge in [-0.05, 0) is 48.5 Å². The number of halogens is 2. The number of aliphatic hydroxyl groups excluding tert-OH is 1. The summed E-state index contributed by atoms with van der Waals surface area (Å²) in [4.78, 5) is 28.7. The molecule has 126 valence electrons. The van der Waals surface area contributed by atoms with E-state index in [2.05, 4.69) is 20.9 Å². The maximum absolute atomic E-state index is 12.4. The van der Waals surface area contributed by atoms with Crippen LogP contribution in [0.25, 0.3) is 0 Å². The Morgan fingerprint density at radius 1 is 1.12 bits per heavy atom. The quantitative estimate of drug-likeness (QED) is 0.345. The minimum atomic E-state index is -0.782. The zero-order valence-corrected chi connectivity index (χ0v) is 15.0. The summed E-state index contributed by atoms with van der Waals surface area (Å²) in [5, 5.41) is 10.8. The van der Waals surface area contributed by atoms with E-state index in [1.165, 1.54) is 24.3 Å². The first-order valence-corrected chi connectivity index (χ1v) is 8.37. The molecular formula is C18H11BrClNO4. The monoisotopic (exact) mass is 419 g/mol. The second kappa shape index (κ2) is 7.21. The van der Waals surface area contributed by atoms with Crippen molar-refractivity contribution < 1.29 is 19.4 Å². The van der Waals surface area contributed by atoms with Crippen molar-refractivity contribution in [1.82, 2.24) is 0 Å². The smallest absolute Gasteiger partial charge is 0.344 e. The van der Waals surface area contributed by atoms with Crippen molar-refractivity contribution in [2.24, 2.45) is 4.99 Å². The standard InChI is InChI=1S/C18H11BrClNO4/c19-11-3-7-13(8-4-11)21-14-9-25-18(24)15(14)17(23)16(22)10-1-5-12(20)6-2-10/h1-8,23H,9H2/b17-15+,21-14?. The number of benzene rings is 2. The van der Waals surface area contributed by atoms with E-state index in [0.29, 0.717) is 10.7 Å². The molecule has 0 aromatic heterocycles. The molecule has 3 rings (SSSR count). The Morgan fingerprint density at radius 2 is 1.76 bits per heavy atom. The largest absolute Gasteiger partial charge is 0.503 e. The van der Waals surface area contributed by atoms with E-state index in [-0.39, 0.29) is 23.5 Å². The molecule has 5 nitrogen and oxygen atoms in total. The van der Waals surface area contributed by atoms with E-state index in [1.807, 2.05) is 0 Å². The Morgan fingerprint density at radius 3 is 2.40 bits per heavy atom. The summed E-state index contributed by atoms with van der Waals surface area (Å²) in [5.41, 5.74) is 0.757. The van der Waals surface area contributed by atoms with Crippen LogP contribution in [0.1, 0.15) is 10.4 Å². The van der Waals surface area contributed by atoms with Crippen molar-refractivity contribution in [3.63, 3.8) is 0 Å². The van der Waals surface area contributed by atoms with E-state index in [1.54, 1.807) is 24.3 Å². The molecule has 2 aromatic carbocycles. The van der Waals surface area contributed by atoms with Crippen LogP contribution in [0.4, 0.5) is 5.69 Å². The lowest BCUT2D eigenvalue weighted by Gasteiger charge is -2.03. The number of nitrogens with zero attached hydrogens (tertiary/aromatic N) is 1. The Labute approximate surface area is 156 Å². The van der Waals surface area contributed by atoms with E-state index < -0.39 is 17.5 Å². The average molecular weight is 421 g/mol. The molecule has 0 aliphatic carbocycles. The van der Waals surface area contributed by atoms with Crippen LogP contribution in [0.3, 0.4) is 0 Å². The van der Waals surface area contributed by atoms with Gasteiger partial charge >= 0.3 is 5.97 Å². The lowest BCUT2D eigenvalue weighted by Crippen LogP contribution is -2.13. The number of aliphatic hydroxyl groups is 1. The minimum absolute atomic E-state index is 0.109. The topological polar surface area (TPSA) is 76.0 Å². The Hall–Kier alpha value is -2.44. The average Bonchev–Trinajstić information content (AvgIpc) is 2.96. The summed E-state index contributed by atoms with van der Waals surface area (Å²) in [6.07, 6.45) is 0. The van der Waals surface area contributed by atoms with Crippen molar-refractivity contribution in [1.29, 1.82) is 0 Å². The van der Waals surface area contributed by atoms with Gasteiger partial charge in [0, 0.05) is 15.1 Å². The van der Waals surface area contributed by atoms with E-state index in [9.17, 15) is 14.7 Å². The van der Waals surface area contributed by atoms with Gasteiger partial charge in [-0.2, -0.15) is 0 Å². The van der Waals surface area contributed by atoms with Crippen molar-refractivity contribution in [2.45, 2.75) is 0 Å². The van der Waals surface area contributed by atoms with Crippen LogP contribution in [0.5, 0.6) is 0 Å². The molecule has 0 bridgehead atoms. The van der Waals surface area contributed by atoms with Gasteiger partial charge in [-0.3, -0.25) is 4.79 Å².